The van der Waals surface area contributed by atoms with Gasteiger partial charge in [0, 0.05) is 11.1 Å². The third-order valence-electron chi connectivity index (χ3n) is 4.00. The van der Waals surface area contributed by atoms with Gasteiger partial charge in [-0.3, -0.25) is 9.36 Å². The van der Waals surface area contributed by atoms with Crippen molar-refractivity contribution in [3.05, 3.63) is 70.5 Å². The van der Waals surface area contributed by atoms with Crippen LogP contribution in [0.3, 0.4) is 0 Å². The number of hydrogen-bond acceptors (Lipinski definition) is 5. The molecule has 1 aromatic heterocycles. The fourth-order valence-corrected chi connectivity index (χ4v) is 2.94. The lowest BCUT2D eigenvalue weighted by Gasteiger charge is -2.15. The summed E-state index contributed by atoms with van der Waals surface area (Å²) in [6.45, 7) is 1.77. The second-order valence-electron chi connectivity index (χ2n) is 5.52. The number of nitrogens with one attached hydrogen (secondary N) is 1. The summed E-state index contributed by atoms with van der Waals surface area (Å²) in [7, 11) is 0. The first kappa shape index (κ1) is 14.2. The molecule has 0 saturated carbocycles. The Morgan fingerprint density at radius 1 is 1.04 bits per heavy atom. The number of para-hydroxylation sites is 2. The monoisotopic (exact) mass is 317 g/mol. The zero-order valence-corrected chi connectivity index (χ0v) is 13.0. The zero-order valence-electron chi connectivity index (χ0n) is 13.0. The Labute approximate surface area is 138 Å². The highest BCUT2D eigenvalue weighted by Crippen LogP contribution is 2.30. The Kier molecular flexibility index (Phi) is 3.16. The lowest BCUT2D eigenvalue weighted by Crippen LogP contribution is -2.27. The molecule has 0 unspecified atom stereocenters. The lowest BCUT2D eigenvalue weighted by atomic mass is 10.0. The van der Waals surface area contributed by atoms with Crippen LogP contribution in [0.25, 0.3) is 16.6 Å². The summed E-state index contributed by atoms with van der Waals surface area (Å²) in [6, 6.07) is 17.2. The molecule has 3 aromatic rings. The Morgan fingerprint density at radius 2 is 1.75 bits per heavy atom. The van der Waals surface area contributed by atoms with Gasteiger partial charge in [0.1, 0.15) is 0 Å². The normalized spacial score (nSPS) is 13.5. The second kappa shape index (κ2) is 5.34. The minimum atomic E-state index is -0.170. The topological polar surface area (TPSA) is 84.8 Å². The molecule has 0 bridgehead atoms. The van der Waals surface area contributed by atoms with Gasteiger partial charge < -0.3 is 5.73 Å². The molecule has 6 heteroatoms. The van der Waals surface area contributed by atoms with E-state index in [1.54, 1.807) is 11.5 Å². The Hall–Kier alpha value is -3.41. The molecule has 1 aliphatic heterocycles. The number of rotatable bonds is 1. The highest BCUT2D eigenvalue weighted by Gasteiger charge is 2.21. The van der Waals surface area contributed by atoms with Gasteiger partial charge in [0.05, 0.1) is 22.5 Å². The number of benzene rings is 2. The van der Waals surface area contributed by atoms with Crippen LogP contribution in [0.15, 0.2) is 69.5 Å². The summed E-state index contributed by atoms with van der Waals surface area (Å²) < 4.78 is 1.68. The third-order valence-corrected chi connectivity index (χ3v) is 4.00. The summed E-state index contributed by atoms with van der Waals surface area (Å²) >= 11 is 0. The molecule has 118 valence electrons. The van der Waals surface area contributed by atoms with Gasteiger partial charge in [0.25, 0.3) is 5.56 Å². The number of aromatic nitrogens is 1. The van der Waals surface area contributed by atoms with Gasteiger partial charge in [-0.15, -0.1) is 0 Å². The van der Waals surface area contributed by atoms with Gasteiger partial charge in [0.2, 0.25) is 5.96 Å². The van der Waals surface area contributed by atoms with Crippen LogP contribution in [-0.4, -0.2) is 16.2 Å². The van der Waals surface area contributed by atoms with Gasteiger partial charge in [-0.05, 0) is 25.1 Å². The quantitative estimate of drug-likeness (QED) is 0.722. The minimum Gasteiger partial charge on any atom is -0.368 e. The first-order valence-corrected chi connectivity index (χ1v) is 7.55. The van der Waals surface area contributed by atoms with Crippen LogP contribution in [-0.2, 0) is 0 Å². The van der Waals surface area contributed by atoms with Crippen LogP contribution in [0.5, 0.6) is 0 Å². The largest absolute Gasteiger partial charge is 0.368 e. The molecule has 0 atom stereocenters. The molecular formula is C18H15N5O. The molecule has 0 spiro atoms. The maximum atomic E-state index is 13.2. The minimum absolute atomic E-state index is 0.162. The van der Waals surface area contributed by atoms with Gasteiger partial charge in [0.15, 0.2) is 0 Å². The average molecular weight is 317 g/mol. The Balaban J connectivity index is 2.23. The number of fused-ring (bicyclic) bond motifs is 3. The van der Waals surface area contributed by atoms with E-state index in [0.717, 1.165) is 16.6 Å². The van der Waals surface area contributed by atoms with Crippen molar-refractivity contribution in [3.8, 4) is 5.69 Å². The molecular weight excluding hydrogens is 302 g/mol. The maximum absolute atomic E-state index is 13.2. The number of pyridine rings is 1. The van der Waals surface area contributed by atoms with E-state index in [1.807, 2.05) is 54.6 Å². The highest BCUT2D eigenvalue weighted by atomic mass is 16.1. The van der Waals surface area contributed by atoms with Gasteiger partial charge in [-0.1, -0.05) is 36.4 Å². The highest BCUT2D eigenvalue weighted by molar-refractivity contribution is 6.11. The van der Waals surface area contributed by atoms with Crippen LogP contribution in [0.1, 0.15) is 12.5 Å². The van der Waals surface area contributed by atoms with Crippen LogP contribution >= 0.6 is 0 Å². The molecule has 1 aliphatic rings. The number of nitrogens with two attached hydrogens (primary N) is 1. The van der Waals surface area contributed by atoms with Crippen LogP contribution in [0, 0.1) is 0 Å². The molecule has 6 nitrogen and oxygen atoms in total. The fourth-order valence-electron chi connectivity index (χ4n) is 2.94. The van der Waals surface area contributed by atoms with Crippen molar-refractivity contribution in [2.24, 2.45) is 15.8 Å². The van der Waals surface area contributed by atoms with Gasteiger partial charge in [-0.2, -0.15) is 5.10 Å². The van der Waals surface area contributed by atoms with Crippen LogP contribution in [0.4, 0.5) is 5.69 Å². The average Bonchev–Trinajstić information content (AvgIpc) is 2.75. The third kappa shape index (κ3) is 2.08. The Morgan fingerprint density at radius 3 is 2.54 bits per heavy atom. The van der Waals surface area contributed by atoms with E-state index in [9.17, 15) is 4.79 Å². The SMILES string of the molecule is CC1=NNC(N)=Nc2c1c(=O)n(-c1ccccc1)c1ccccc21. The van der Waals surface area contributed by atoms with E-state index in [-0.39, 0.29) is 11.5 Å². The van der Waals surface area contributed by atoms with E-state index >= 15 is 0 Å². The number of guanidine groups is 1. The van der Waals surface area contributed by atoms with Crippen molar-refractivity contribution in [2.45, 2.75) is 6.92 Å². The molecule has 0 saturated heterocycles. The van der Waals surface area contributed by atoms with E-state index < -0.39 is 0 Å². The number of hydrazone groups is 1. The van der Waals surface area contributed by atoms with Crippen molar-refractivity contribution in [2.75, 3.05) is 0 Å². The van der Waals surface area contributed by atoms with Crippen molar-refractivity contribution < 1.29 is 0 Å². The number of hydrogen-bond donors (Lipinski definition) is 2. The van der Waals surface area contributed by atoms with E-state index in [0.29, 0.717) is 17.0 Å². The van der Waals surface area contributed by atoms with E-state index in [1.165, 1.54) is 0 Å². The predicted octanol–water partition coefficient (Wildman–Crippen LogP) is 2.26. The molecule has 0 radical (unpaired) electrons. The van der Waals surface area contributed by atoms with Crippen molar-refractivity contribution >= 4 is 28.3 Å². The van der Waals surface area contributed by atoms with E-state index in [2.05, 4.69) is 15.5 Å². The molecule has 2 aromatic carbocycles. The van der Waals surface area contributed by atoms with Gasteiger partial charge >= 0.3 is 0 Å². The molecule has 2 heterocycles. The van der Waals surface area contributed by atoms with Crippen LogP contribution < -0.4 is 16.7 Å². The fraction of sp³-hybridized carbons (Fsp3) is 0.0556. The molecule has 3 N–H and O–H groups in total. The first-order valence-electron chi connectivity index (χ1n) is 7.55. The van der Waals surface area contributed by atoms with Crippen molar-refractivity contribution in [1.29, 1.82) is 0 Å². The zero-order chi connectivity index (χ0) is 16.7. The smallest absolute Gasteiger partial charge is 0.266 e. The summed E-state index contributed by atoms with van der Waals surface area (Å²) in [5, 5.41) is 4.99. The van der Waals surface area contributed by atoms with Gasteiger partial charge in [-0.25, -0.2) is 10.4 Å². The molecule has 4 rings (SSSR count). The molecule has 0 fully saturated rings. The molecule has 0 amide bonds. The molecule has 0 aliphatic carbocycles. The second-order valence-corrected chi connectivity index (χ2v) is 5.52. The summed E-state index contributed by atoms with van der Waals surface area (Å²) in [5.41, 5.74) is 11.4. The predicted molar refractivity (Wildman–Crippen MR) is 96.2 cm³/mol. The maximum Gasteiger partial charge on any atom is 0.266 e. The summed E-state index contributed by atoms with van der Waals surface area (Å²) in [5.74, 6) is 0.162. The summed E-state index contributed by atoms with van der Waals surface area (Å²) in [6.07, 6.45) is 0. The summed E-state index contributed by atoms with van der Waals surface area (Å²) in [4.78, 5) is 17.6. The molecule has 24 heavy (non-hydrogen) atoms. The first-order chi connectivity index (χ1) is 11.7. The van der Waals surface area contributed by atoms with Crippen LogP contribution in [0.2, 0.25) is 0 Å². The van der Waals surface area contributed by atoms with E-state index in [4.69, 9.17) is 5.73 Å². The lowest BCUT2D eigenvalue weighted by molar-refractivity contribution is 1.01. The Bertz CT molecular complexity index is 1060. The number of nitrogens with zero attached hydrogens (tertiary/aromatic N) is 3. The van der Waals surface area contributed by atoms with Crippen molar-refractivity contribution in [1.82, 2.24) is 9.99 Å². The number of aliphatic imine (C=N–C) groups is 1. The van der Waals surface area contributed by atoms with Crippen molar-refractivity contribution in [3.63, 3.8) is 0 Å². The standard InChI is InChI=1S/C18H15N5O/c1-11-15-16(20-18(19)22-21-11)13-9-5-6-10-14(13)23(17(15)24)12-7-3-2-4-8-12/h2-10H,1H3,(H3,19,20,22).